The molecular formula is C71H128O6. The summed E-state index contributed by atoms with van der Waals surface area (Å²) in [6.45, 7) is 6.55. The highest BCUT2D eigenvalue weighted by Gasteiger charge is 2.19. The molecule has 0 aliphatic heterocycles. The number of hydrogen-bond donors (Lipinski definition) is 0. The Morgan fingerprint density at radius 3 is 0.805 bits per heavy atom. The van der Waals surface area contributed by atoms with E-state index in [-0.39, 0.29) is 31.1 Å². The van der Waals surface area contributed by atoms with Crippen LogP contribution in [0.25, 0.3) is 0 Å². The Labute approximate surface area is 479 Å². The van der Waals surface area contributed by atoms with Crippen molar-refractivity contribution in [2.24, 2.45) is 0 Å². The van der Waals surface area contributed by atoms with Crippen LogP contribution in [0.15, 0.2) is 60.8 Å². The molecule has 0 aliphatic rings. The van der Waals surface area contributed by atoms with Crippen LogP contribution in [-0.4, -0.2) is 37.2 Å². The second-order valence-electron chi connectivity index (χ2n) is 22.7. The molecule has 0 fully saturated rings. The van der Waals surface area contributed by atoms with Gasteiger partial charge in [-0.25, -0.2) is 0 Å². The lowest BCUT2D eigenvalue weighted by Gasteiger charge is -2.18. The van der Waals surface area contributed by atoms with Crippen LogP contribution >= 0.6 is 0 Å². The van der Waals surface area contributed by atoms with Gasteiger partial charge in [0.1, 0.15) is 13.2 Å². The van der Waals surface area contributed by atoms with Crippen molar-refractivity contribution in [2.45, 2.75) is 361 Å². The van der Waals surface area contributed by atoms with Crippen molar-refractivity contribution >= 4 is 17.9 Å². The van der Waals surface area contributed by atoms with Gasteiger partial charge in [0.05, 0.1) is 0 Å². The highest BCUT2D eigenvalue weighted by atomic mass is 16.6. The van der Waals surface area contributed by atoms with Crippen molar-refractivity contribution in [1.29, 1.82) is 0 Å². The first-order valence-electron chi connectivity index (χ1n) is 33.8. The first-order chi connectivity index (χ1) is 38.0. The third-order valence-corrected chi connectivity index (χ3v) is 15.0. The average molecular weight is 1080 g/mol. The lowest BCUT2D eigenvalue weighted by molar-refractivity contribution is -0.167. The van der Waals surface area contributed by atoms with Gasteiger partial charge >= 0.3 is 17.9 Å². The number of rotatable bonds is 62. The van der Waals surface area contributed by atoms with E-state index in [1.54, 1.807) is 0 Å². The van der Waals surface area contributed by atoms with Gasteiger partial charge in [-0.2, -0.15) is 0 Å². The summed E-state index contributed by atoms with van der Waals surface area (Å²) >= 11 is 0. The summed E-state index contributed by atoms with van der Waals surface area (Å²) in [5, 5.41) is 0. The molecule has 0 radical (unpaired) electrons. The molecule has 0 aromatic heterocycles. The van der Waals surface area contributed by atoms with E-state index in [4.69, 9.17) is 14.2 Å². The van der Waals surface area contributed by atoms with Crippen LogP contribution < -0.4 is 0 Å². The molecule has 0 aromatic carbocycles. The fourth-order valence-electron chi connectivity index (χ4n) is 9.96. The van der Waals surface area contributed by atoms with Crippen LogP contribution in [0.4, 0.5) is 0 Å². The van der Waals surface area contributed by atoms with Crippen LogP contribution in [0.1, 0.15) is 355 Å². The highest BCUT2D eigenvalue weighted by Crippen LogP contribution is 2.18. The highest BCUT2D eigenvalue weighted by molar-refractivity contribution is 5.71. The zero-order chi connectivity index (χ0) is 55.7. The number of allylic oxidation sites excluding steroid dienone is 10. The Hall–Kier alpha value is -2.89. The van der Waals surface area contributed by atoms with Crippen LogP contribution in [0.2, 0.25) is 0 Å². The zero-order valence-electron chi connectivity index (χ0n) is 51.5. The molecular weight excluding hydrogens is 949 g/mol. The number of carbonyl (C=O) groups is 3. The predicted molar refractivity (Wildman–Crippen MR) is 335 cm³/mol. The number of esters is 3. The van der Waals surface area contributed by atoms with Gasteiger partial charge in [-0.1, -0.05) is 313 Å². The molecule has 0 rings (SSSR count). The van der Waals surface area contributed by atoms with E-state index in [2.05, 4.69) is 81.5 Å². The van der Waals surface area contributed by atoms with Gasteiger partial charge in [0.15, 0.2) is 6.10 Å². The number of ether oxygens (including phenoxy) is 3. The lowest BCUT2D eigenvalue weighted by Crippen LogP contribution is -2.30. The molecule has 6 nitrogen and oxygen atoms in total. The van der Waals surface area contributed by atoms with Crippen molar-refractivity contribution < 1.29 is 28.6 Å². The van der Waals surface area contributed by atoms with Gasteiger partial charge < -0.3 is 14.2 Å². The van der Waals surface area contributed by atoms with Crippen LogP contribution in [-0.2, 0) is 28.6 Å². The Balaban J connectivity index is 4.27. The van der Waals surface area contributed by atoms with Gasteiger partial charge in [-0.05, 0) is 83.5 Å². The first kappa shape index (κ1) is 74.1. The normalized spacial score (nSPS) is 12.4. The van der Waals surface area contributed by atoms with Gasteiger partial charge in [0.25, 0.3) is 0 Å². The summed E-state index contributed by atoms with van der Waals surface area (Å²) in [6, 6.07) is 0. The van der Waals surface area contributed by atoms with E-state index in [1.165, 1.54) is 225 Å². The number of hydrogen-bond acceptors (Lipinski definition) is 6. The van der Waals surface area contributed by atoms with E-state index >= 15 is 0 Å². The van der Waals surface area contributed by atoms with E-state index in [0.717, 1.165) is 89.9 Å². The molecule has 1 atom stereocenters. The molecule has 0 saturated heterocycles. The van der Waals surface area contributed by atoms with Crippen LogP contribution in [0.3, 0.4) is 0 Å². The maximum Gasteiger partial charge on any atom is 0.306 e. The SMILES string of the molecule is CC/C=C\C/C=C\C/C=C\CCCCCC(=O)OCC(COC(=O)CCCCCCCCCCCCCCC/C=C\C/C=C\CCCCCCC)OC(=O)CCCCCCCCCCCCCCCCCCCCCCC. The summed E-state index contributed by atoms with van der Waals surface area (Å²) < 4.78 is 16.9. The minimum absolute atomic E-state index is 0.0804. The molecule has 0 heterocycles. The van der Waals surface area contributed by atoms with E-state index in [9.17, 15) is 14.4 Å². The Kier molecular flexibility index (Phi) is 63.2. The van der Waals surface area contributed by atoms with Crippen molar-refractivity contribution in [3.8, 4) is 0 Å². The van der Waals surface area contributed by atoms with Crippen LogP contribution in [0, 0.1) is 0 Å². The van der Waals surface area contributed by atoms with Crippen molar-refractivity contribution in [3.63, 3.8) is 0 Å². The van der Waals surface area contributed by atoms with Crippen molar-refractivity contribution in [3.05, 3.63) is 60.8 Å². The Morgan fingerprint density at radius 1 is 0.273 bits per heavy atom. The zero-order valence-corrected chi connectivity index (χ0v) is 51.5. The summed E-state index contributed by atoms with van der Waals surface area (Å²) in [4.78, 5) is 38.3. The Bertz CT molecular complexity index is 1380. The molecule has 6 heteroatoms. The van der Waals surface area contributed by atoms with E-state index in [1.807, 2.05) is 0 Å². The van der Waals surface area contributed by atoms with Gasteiger partial charge in [-0.3, -0.25) is 14.4 Å². The largest absolute Gasteiger partial charge is 0.462 e. The monoisotopic (exact) mass is 1080 g/mol. The molecule has 0 bridgehead atoms. The van der Waals surface area contributed by atoms with Crippen molar-refractivity contribution in [1.82, 2.24) is 0 Å². The van der Waals surface area contributed by atoms with Gasteiger partial charge in [-0.15, -0.1) is 0 Å². The fraction of sp³-hybridized carbons (Fsp3) is 0.817. The minimum atomic E-state index is -0.785. The summed E-state index contributed by atoms with van der Waals surface area (Å²) in [6.07, 6.45) is 83.9. The lowest BCUT2D eigenvalue weighted by atomic mass is 10.0. The van der Waals surface area contributed by atoms with Gasteiger partial charge in [0.2, 0.25) is 0 Å². The summed E-state index contributed by atoms with van der Waals surface area (Å²) in [5.41, 5.74) is 0. The maximum absolute atomic E-state index is 12.9. The second kappa shape index (κ2) is 65.6. The molecule has 0 aliphatic carbocycles. The minimum Gasteiger partial charge on any atom is -0.462 e. The smallest absolute Gasteiger partial charge is 0.306 e. The van der Waals surface area contributed by atoms with Crippen molar-refractivity contribution in [2.75, 3.05) is 13.2 Å². The predicted octanol–water partition coefficient (Wildman–Crippen LogP) is 23.1. The van der Waals surface area contributed by atoms with E-state index < -0.39 is 6.10 Å². The molecule has 0 amide bonds. The molecule has 77 heavy (non-hydrogen) atoms. The molecule has 448 valence electrons. The second-order valence-corrected chi connectivity index (χ2v) is 22.7. The topological polar surface area (TPSA) is 78.9 Å². The standard InChI is InChI=1S/C71H128O6/c1-4-7-10-13-16-19-22-25-27-29-31-33-34-35-36-38-39-41-43-46-49-52-55-58-61-64-70(73)76-67-68(66-75-69(72)63-60-57-54-51-48-45-24-21-18-15-12-9-6-3)77-71(74)65-62-59-56-53-50-47-44-42-40-37-32-30-28-26-23-20-17-14-11-8-5-2/h9,12,18,21-22,25,29,31,45,48,68H,4-8,10-11,13-17,19-20,23-24,26-28,30,32-44,46-47,49-67H2,1-3H3/b12-9-,21-18-,25-22-,31-29-,48-45-. The van der Waals surface area contributed by atoms with Gasteiger partial charge in [0, 0.05) is 19.3 Å². The number of unbranched alkanes of at least 4 members (excludes halogenated alkanes) is 41. The maximum atomic E-state index is 12.9. The number of carbonyl (C=O) groups excluding carboxylic acids is 3. The third-order valence-electron chi connectivity index (χ3n) is 15.0. The third kappa shape index (κ3) is 63.8. The van der Waals surface area contributed by atoms with Crippen LogP contribution in [0.5, 0.6) is 0 Å². The molecule has 0 saturated carbocycles. The first-order valence-corrected chi connectivity index (χ1v) is 33.8. The molecule has 0 aromatic rings. The molecule has 0 spiro atoms. The van der Waals surface area contributed by atoms with E-state index in [0.29, 0.717) is 19.3 Å². The average Bonchev–Trinajstić information content (AvgIpc) is 3.43. The quantitative estimate of drug-likeness (QED) is 0.0261. The molecule has 0 N–H and O–H groups in total. The summed E-state index contributed by atoms with van der Waals surface area (Å²) in [5.74, 6) is -0.890. The Morgan fingerprint density at radius 2 is 0.506 bits per heavy atom. The summed E-state index contributed by atoms with van der Waals surface area (Å²) in [7, 11) is 0. The molecule has 1 unspecified atom stereocenters. The fourth-order valence-corrected chi connectivity index (χ4v) is 9.96.